The van der Waals surface area contributed by atoms with Crippen LogP contribution in [0.15, 0.2) is 0 Å². The Morgan fingerprint density at radius 1 is 1.00 bits per heavy atom. The maximum Gasteiger partial charge on any atom is 0.196 e. The predicted octanol–water partition coefficient (Wildman–Crippen LogP) is 3.48. The molecule has 6 heteroatoms. The highest BCUT2D eigenvalue weighted by Gasteiger charge is 2.22. The maximum absolute atomic E-state index is 13.0. The molecule has 0 radical (unpaired) electrons. The van der Waals surface area contributed by atoms with E-state index in [0.29, 0.717) is 0 Å². The van der Waals surface area contributed by atoms with Crippen molar-refractivity contribution in [2.24, 2.45) is 0 Å². The molecule has 74 valence electrons. The van der Waals surface area contributed by atoms with Gasteiger partial charge in [-0.2, -0.15) is 5.26 Å². The minimum Gasteiger partial charge on any atom is -0.203 e. The van der Waals surface area contributed by atoms with E-state index in [1.54, 1.807) is 6.07 Å². The number of hydrogen-bond acceptors (Lipinski definition) is 1. The van der Waals surface area contributed by atoms with Gasteiger partial charge in [0.2, 0.25) is 0 Å². The second kappa shape index (κ2) is 4.07. The van der Waals surface area contributed by atoms with Gasteiger partial charge in [-0.25, -0.2) is 13.2 Å². The van der Waals surface area contributed by atoms with E-state index in [-0.39, 0.29) is 0 Å². The van der Waals surface area contributed by atoms with Crippen LogP contribution in [0.3, 0.4) is 0 Å². The molecule has 14 heavy (non-hydrogen) atoms. The van der Waals surface area contributed by atoms with Crippen LogP contribution in [-0.2, 0) is 6.42 Å². The molecule has 0 spiro atoms. The van der Waals surface area contributed by atoms with Crippen molar-refractivity contribution in [3.05, 3.63) is 33.1 Å². The minimum atomic E-state index is -1.72. The lowest BCUT2D eigenvalue weighted by Crippen LogP contribution is -2.00. The lowest BCUT2D eigenvalue weighted by molar-refractivity contribution is 0.443. The van der Waals surface area contributed by atoms with Crippen LogP contribution in [0.4, 0.5) is 13.2 Å². The highest BCUT2D eigenvalue weighted by Crippen LogP contribution is 2.33. The van der Waals surface area contributed by atoms with Crippen molar-refractivity contribution in [1.29, 1.82) is 5.26 Å². The van der Waals surface area contributed by atoms with Gasteiger partial charge in [0.15, 0.2) is 17.5 Å². The van der Waals surface area contributed by atoms with Gasteiger partial charge < -0.3 is 0 Å². The number of rotatable bonds is 1. The lowest BCUT2D eigenvalue weighted by Gasteiger charge is -2.06. The zero-order valence-corrected chi connectivity index (χ0v) is 8.06. The van der Waals surface area contributed by atoms with Crippen molar-refractivity contribution >= 4 is 23.2 Å². The number of halogens is 5. The third-order valence-corrected chi connectivity index (χ3v) is 2.43. The Labute approximate surface area is 87.7 Å². The van der Waals surface area contributed by atoms with Gasteiger partial charge in [-0.1, -0.05) is 23.2 Å². The van der Waals surface area contributed by atoms with Crippen molar-refractivity contribution in [3.63, 3.8) is 0 Å². The highest BCUT2D eigenvalue weighted by molar-refractivity contribution is 6.42. The summed E-state index contributed by atoms with van der Waals surface area (Å²) in [6.07, 6.45) is -0.471. The van der Waals surface area contributed by atoms with Crippen LogP contribution < -0.4 is 0 Å². The van der Waals surface area contributed by atoms with Crippen molar-refractivity contribution < 1.29 is 13.2 Å². The average molecular weight is 240 g/mol. The fraction of sp³-hybridized carbons (Fsp3) is 0.125. The summed E-state index contributed by atoms with van der Waals surface area (Å²) in [6, 6.07) is 1.57. The molecule has 0 saturated heterocycles. The molecule has 1 aromatic rings. The molecule has 0 aromatic heterocycles. The standard InChI is InChI=1S/C8H2Cl2F3N/c9-4-3(1-2-14)6(11)8(13)7(12)5(4)10/h1H2. The minimum absolute atomic E-state index is 0.432. The molecule has 1 rings (SSSR count). The largest absolute Gasteiger partial charge is 0.203 e. The molecule has 0 amide bonds. The zero-order valence-electron chi connectivity index (χ0n) is 6.54. The van der Waals surface area contributed by atoms with Gasteiger partial charge in [-0.3, -0.25) is 0 Å². The van der Waals surface area contributed by atoms with E-state index in [0.717, 1.165) is 0 Å². The Hall–Kier alpha value is -0.920. The van der Waals surface area contributed by atoms with Gasteiger partial charge in [0.25, 0.3) is 0 Å². The molecule has 0 heterocycles. The van der Waals surface area contributed by atoms with Gasteiger partial charge in [-0.05, 0) is 0 Å². The van der Waals surface area contributed by atoms with Crippen LogP contribution in [0.1, 0.15) is 5.56 Å². The van der Waals surface area contributed by atoms with E-state index in [9.17, 15) is 13.2 Å². The number of hydrogen-bond donors (Lipinski definition) is 0. The highest BCUT2D eigenvalue weighted by atomic mass is 35.5. The summed E-state index contributed by atoms with van der Waals surface area (Å²) >= 11 is 10.7. The number of nitriles is 1. The molecule has 0 aliphatic heterocycles. The monoisotopic (exact) mass is 239 g/mol. The molecular formula is C8H2Cl2F3N. The molecule has 1 nitrogen and oxygen atoms in total. The van der Waals surface area contributed by atoms with E-state index >= 15 is 0 Å². The Morgan fingerprint density at radius 2 is 1.57 bits per heavy atom. The zero-order chi connectivity index (χ0) is 10.9. The molecule has 1 aromatic carbocycles. The SMILES string of the molecule is N#CCc1c(F)c(F)c(F)c(Cl)c1Cl. The topological polar surface area (TPSA) is 23.8 Å². The van der Waals surface area contributed by atoms with Crippen molar-refractivity contribution in [3.8, 4) is 6.07 Å². The van der Waals surface area contributed by atoms with Crippen LogP contribution in [0.5, 0.6) is 0 Å². The molecule has 0 fully saturated rings. The quantitative estimate of drug-likeness (QED) is 0.544. The van der Waals surface area contributed by atoms with Gasteiger partial charge in [0, 0.05) is 5.56 Å². The molecular weight excluding hydrogens is 238 g/mol. The fourth-order valence-electron chi connectivity index (χ4n) is 0.885. The summed E-state index contributed by atoms with van der Waals surface area (Å²) in [5.41, 5.74) is -0.432. The summed E-state index contributed by atoms with van der Waals surface area (Å²) in [4.78, 5) is 0. The summed E-state index contributed by atoms with van der Waals surface area (Å²) < 4.78 is 38.5. The van der Waals surface area contributed by atoms with Crippen molar-refractivity contribution in [2.75, 3.05) is 0 Å². The van der Waals surface area contributed by atoms with Gasteiger partial charge in [-0.15, -0.1) is 0 Å². The Bertz CT molecular complexity index is 397. The Balaban J connectivity index is 3.53. The molecule has 0 aliphatic carbocycles. The van der Waals surface area contributed by atoms with Gasteiger partial charge in [0.05, 0.1) is 22.5 Å². The summed E-state index contributed by atoms with van der Waals surface area (Å²) in [5.74, 6) is -4.74. The van der Waals surface area contributed by atoms with Gasteiger partial charge >= 0.3 is 0 Å². The van der Waals surface area contributed by atoms with Crippen LogP contribution in [0.25, 0.3) is 0 Å². The van der Waals surface area contributed by atoms with Crippen LogP contribution >= 0.6 is 23.2 Å². The van der Waals surface area contributed by atoms with E-state index in [2.05, 4.69) is 0 Å². The summed E-state index contributed by atoms with van der Waals surface area (Å²) in [6.45, 7) is 0. The Morgan fingerprint density at radius 3 is 2.07 bits per heavy atom. The molecule has 0 saturated carbocycles. The molecule has 0 N–H and O–H groups in total. The number of nitrogens with zero attached hydrogens (tertiary/aromatic N) is 1. The molecule has 0 atom stereocenters. The Kier molecular flexibility index (Phi) is 3.25. The first-order valence-electron chi connectivity index (χ1n) is 3.38. The summed E-state index contributed by atoms with van der Waals surface area (Å²) in [7, 11) is 0. The van der Waals surface area contributed by atoms with E-state index in [1.807, 2.05) is 0 Å². The normalized spacial score (nSPS) is 10.0. The van der Waals surface area contributed by atoms with E-state index < -0.39 is 39.5 Å². The van der Waals surface area contributed by atoms with Gasteiger partial charge in [0.1, 0.15) is 0 Å². The number of benzene rings is 1. The molecule has 0 unspecified atom stereocenters. The summed E-state index contributed by atoms with van der Waals surface area (Å²) in [5, 5.41) is 7.10. The fourth-order valence-corrected chi connectivity index (χ4v) is 1.31. The first kappa shape index (κ1) is 11.2. The third-order valence-electron chi connectivity index (χ3n) is 1.56. The average Bonchev–Trinajstić information content (AvgIpc) is 2.19. The van der Waals surface area contributed by atoms with Crippen LogP contribution in [-0.4, -0.2) is 0 Å². The van der Waals surface area contributed by atoms with Crippen molar-refractivity contribution in [2.45, 2.75) is 6.42 Å². The van der Waals surface area contributed by atoms with Crippen LogP contribution in [0.2, 0.25) is 10.0 Å². The lowest BCUT2D eigenvalue weighted by atomic mass is 10.1. The second-order valence-corrected chi connectivity index (χ2v) is 3.14. The first-order valence-corrected chi connectivity index (χ1v) is 4.13. The third kappa shape index (κ3) is 1.66. The molecule has 0 aliphatic rings. The second-order valence-electron chi connectivity index (χ2n) is 2.38. The smallest absolute Gasteiger partial charge is 0.196 e. The van der Waals surface area contributed by atoms with Crippen molar-refractivity contribution in [1.82, 2.24) is 0 Å². The predicted molar refractivity (Wildman–Crippen MR) is 45.7 cm³/mol. The molecule has 0 bridgehead atoms. The maximum atomic E-state index is 13.0. The van der Waals surface area contributed by atoms with Crippen LogP contribution in [0, 0.1) is 28.8 Å². The first-order chi connectivity index (χ1) is 6.50. The van der Waals surface area contributed by atoms with E-state index in [1.165, 1.54) is 0 Å². The van der Waals surface area contributed by atoms with E-state index in [4.69, 9.17) is 28.5 Å².